The van der Waals surface area contributed by atoms with E-state index in [1.54, 1.807) is 11.6 Å². The minimum atomic E-state index is -0.478. The van der Waals surface area contributed by atoms with Gasteiger partial charge in [0, 0.05) is 6.54 Å². The first-order chi connectivity index (χ1) is 12.5. The Kier molecular flexibility index (Phi) is 5.74. The van der Waals surface area contributed by atoms with Gasteiger partial charge < -0.3 is 14.8 Å². The molecule has 140 valence electrons. The van der Waals surface area contributed by atoms with Crippen LogP contribution in [-0.4, -0.2) is 51.0 Å². The number of nitrogens with one attached hydrogen (secondary N) is 1. The van der Waals surface area contributed by atoms with Gasteiger partial charge in [-0.15, -0.1) is 5.10 Å². The average molecular weight is 403 g/mol. The molecule has 0 amide bonds. The highest BCUT2D eigenvalue weighted by Crippen LogP contribution is 2.33. The normalized spacial score (nSPS) is 14.1. The van der Waals surface area contributed by atoms with E-state index in [-0.39, 0.29) is 29.5 Å². The van der Waals surface area contributed by atoms with Crippen molar-refractivity contribution >= 4 is 34.7 Å². The summed E-state index contributed by atoms with van der Waals surface area (Å²) in [5.41, 5.74) is 0.342. The maximum Gasteiger partial charge on any atom is 0.352 e. The van der Waals surface area contributed by atoms with Crippen molar-refractivity contribution in [3.8, 4) is 5.88 Å². The molecule has 0 atom stereocenters. The molecule has 26 heavy (non-hydrogen) atoms. The van der Waals surface area contributed by atoms with Crippen LogP contribution in [0.25, 0.3) is 0 Å². The Labute approximate surface area is 158 Å². The lowest BCUT2D eigenvalue weighted by molar-refractivity contribution is -0.386. The van der Waals surface area contributed by atoms with Crippen LogP contribution in [0.15, 0.2) is 6.20 Å². The summed E-state index contributed by atoms with van der Waals surface area (Å²) in [7, 11) is 0. The number of aromatic nitrogens is 4. The van der Waals surface area contributed by atoms with Crippen LogP contribution in [-0.2, 0) is 4.74 Å². The van der Waals surface area contributed by atoms with Crippen LogP contribution < -0.4 is 10.1 Å². The molecule has 1 aliphatic heterocycles. The average Bonchev–Trinajstić information content (AvgIpc) is 2.85. The lowest BCUT2D eigenvalue weighted by Gasteiger charge is -2.26. The predicted octanol–water partition coefficient (Wildman–Crippen LogP) is 2.65. The fourth-order valence-corrected chi connectivity index (χ4v) is 2.72. The van der Waals surface area contributed by atoms with E-state index in [4.69, 9.17) is 32.7 Å². The number of nitrogens with zero attached hydrogens (tertiary/aromatic N) is 5. The molecule has 1 fully saturated rings. The second kappa shape index (κ2) is 8.02. The number of nitro groups is 1. The predicted molar refractivity (Wildman–Crippen MR) is 94.1 cm³/mol. The third-order valence-corrected chi connectivity index (χ3v) is 4.26. The van der Waals surface area contributed by atoms with Crippen LogP contribution in [0.5, 0.6) is 5.88 Å². The molecule has 0 bridgehead atoms. The zero-order valence-corrected chi connectivity index (χ0v) is 15.3. The van der Waals surface area contributed by atoms with E-state index in [2.05, 4.69) is 20.4 Å². The molecule has 2 aromatic rings. The van der Waals surface area contributed by atoms with Crippen molar-refractivity contribution in [3.63, 3.8) is 0 Å². The molecule has 0 unspecified atom stereocenters. The second-order valence-electron chi connectivity index (χ2n) is 5.60. The SMILES string of the molecule is Cc1c([N+](=O)[O-])c(OCCCNc2nc(Cl)ncc2Cl)nn1C1COC1. The lowest BCUT2D eigenvalue weighted by Crippen LogP contribution is -2.32. The molecule has 3 heterocycles. The van der Waals surface area contributed by atoms with Gasteiger partial charge in [-0.25, -0.2) is 4.98 Å². The van der Waals surface area contributed by atoms with Crippen LogP contribution >= 0.6 is 23.2 Å². The largest absolute Gasteiger partial charge is 0.472 e. The number of anilines is 1. The van der Waals surface area contributed by atoms with E-state index < -0.39 is 4.92 Å². The minimum absolute atomic E-state index is 0.0115. The monoisotopic (exact) mass is 402 g/mol. The number of ether oxygens (including phenoxy) is 2. The summed E-state index contributed by atoms with van der Waals surface area (Å²) in [6.45, 7) is 3.36. The molecule has 0 radical (unpaired) electrons. The van der Waals surface area contributed by atoms with Gasteiger partial charge in [0.05, 0.1) is 37.0 Å². The van der Waals surface area contributed by atoms with E-state index in [0.29, 0.717) is 42.7 Å². The number of hydrogen-bond donors (Lipinski definition) is 1. The minimum Gasteiger partial charge on any atom is -0.472 e. The van der Waals surface area contributed by atoms with Gasteiger partial charge in [0.1, 0.15) is 16.5 Å². The van der Waals surface area contributed by atoms with Gasteiger partial charge in [0.25, 0.3) is 0 Å². The first-order valence-corrected chi connectivity index (χ1v) is 8.59. The molecule has 10 nitrogen and oxygen atoms in total. The second-order valence-corrected chi connectivity index (χ2v) is 6.34. The fourth-order valence-electron chi connectivity index (χ4n) is 2.43. The van der Waals surface area contributed by atoms with Crippen molar-refractivity contribution in [1.82, 2.24) is 19.7 Å². The summed E-state index contributed by atoms with van der Waals surface area (Å²) in [6, 6.07) is 0.0115. The molecule has 0 saturated carbocycles. The molecule has 1 aliphatic rings. The van der Waals surface area contributed by atoms with Gasteiger partial charge in [0.2, 0.25) is 5.28 Å². The highest BCUT2D eigenvalue weighted by Gasteiger charge is 2.32. The molecular formula is C14H16Cl2N6O4. The van der Waals surface area contributed by atoms with E-state index in [1.807, 2.05) is 0 Å². The van der Waals surface area contributed by atoms with Crippen LogP contribution in [0.1, 0.15) is 18.2 Å². The zero-order valence-electron chi connectivity index (χ0n) is 13.8. The highest BCUT2D eigenvalue weighted by molar-refractivity contribution is 6.33. The molecular weight excluding hydrogens is 387 g/mol. The van der Waals surface area contributed by atoms with Gasteiger partial charge in [-0.2, -0.15) is 4.98 Å². The Morgan fingerprint density at radius 2 is 2.27 bits per heavy atom. The first-order valence-electron chi connectivity index (χ1n) is 7.83. The maximum atomic E-state index is 11.3. The summed E-state index contributed by atoms with van der Waals surface area (Å²) in [5, 5.41) is 19.0. The van der Waals surface area contributed by atoms with Crippen LogP contribution in [0.2, 0.25) is 10.3 Å². The Hall–Kier alpha value is -2.17. The van der Waals surface area contributed by atoms with Crippen molar-refractivity contribution in [2.45, 2.75) is 19.4 Å². The summed E-state index contributed by atoms with van der Waals surface area (Å²) < 4.78 is 12.2. The Morgan fingerprint density at radius 3 is 2.92 bits per heavy atom. The zero-order chi connectivity index (χ0) is 18.7. The van der Waals surface area contributed by atoms with Crippen molar-refractivity contribution < 1.29 is 14.4 Å². The molecule has 1 saturated heterocycles. The van der Waals surface area contributed by atoms with E-state index >= 15 is 0 Å². The van der Waals surface area contributed by atoms with Gasteiger partial charge in [-0.05, 0) is 24.9 Å². The quantitative estimate of drug-likeness (QED) is 0.309. The highest BCUT2D eigenvalue weighted by atomic mass is 35.5. The van der Waals surface area contributed by atoms with Crippen molar-refractivity contribution in [2.75, 3.05) is 31.7 Å². The third-order valence-electron chi connectivity index (χ3n) is 3.80. The molecule has 0 spiro atoms. The van der Waals surface area contributed by atoms with Gasteiger partial charge in [-0.1, -0.05) is 11.6 Å². The van der Waals surface area contributed by atoms with E-state index in [9.17, 15) is 10.1 Å². The van der Waals surface area contributed by atoms with Crippen molar-refractivity contribution in [2.24, 2.45) is 0 Å². The summed E-state index contributed by atoms with van der Waals surface area (Å²) in [6.07, 6.45) is 1.95. The van der Waals surface area contributed by atoms with Gasteiger partial charge in [0.15, 0.2) is 0 Å². The van der Waals surface area contributed by atoms with Gasteiger partial charge >= 0.3 is 11.6 Å². The van der Waals surface area contributed by atoms with Crippen LogP contribution in [0, 0.1) is 17.0 Å². The fraction of sp³-hybridized carbons (Fsp3) is 0.500. The molecule has 0 aliphatic carbocycles. The molecule has 2 aromatic heterocycles. The molecule has 3 rings (SSSR count). The molecule has 12 heteroatoms. The third kappa shape index (κ3) is 3.97. The van der Waals surface area contributed by atoms with Crippen molar-refractivity contribution in [1.29, 1.82) is 0 Å². The Morgan fingerprint density at radius 1 is 1.50 bits per heavy atom. The van der Waals surface area contributed by atoms with E-state index in [0.717, 1.165) is 0 Å². The lowest BCUT2D eigenvalue weighted by atomic mass is 10.2. The van der Waals surface area contributed by atoms with Crippen LogP contribution in [0.3, 0.4) is 0 Å². The summed E-state index contributed by atoms with van der Waals surface area (Å²) in [5.74, 6) is 0.435. The Bertz CT molecular complexity index is 811. The van der Waals surface area contributed by atoms with Gasteiger partial charge in [-0.3, -0.25) is 14.8 Å². The molecule has 0 aromatic carbocycles. The number of halogens is 2. The maximum absolute atomic E-state index is 11.3. The van der Waals surface area contributed by atoms with Crippen LogP contribution in [0.4, 0.5) is 11.5 Å². The summed E-state index contributed by atoms with van der Waals surface area (Å²) >= 11 is 11.7. The van der Waals surface area contributed by atoms with E-state index in [1.165, 1.54) is 6.20 Å². The Balaban J connectivity index is 1.56. The topological polar surface area (TPSA) is 117 Å². The smallest absolute Gasteiger partial charge is 0.352 e. The molecule has 1 N–H and O–H groups in total. The summed E-state index contributed by atoms with van der Waals surface area (Å²) in [4.78, 5) is 18.6. The van der Waals surface area contributed by atoms with Crippen molar-refractivity contribution in [3.05, 3.63) is 32.3 Å². The standard InChI is InChI=1S/C14H16Cl2N6O4/c1-8-11(22(23)24)13(20-21(8)9-6-25-7-9)26-4-2-3-17-12-10(15)5-18-14(16)19-12/h5,9H,2-4,6-7H2,1H3,(H,17,18,19). The number of hydrogen-bond acceptors (Lipinski definition) is 8. The number of rotatable bonds is 8. The first kappa shape index (κ1) is 18.6.